The van der Waals surface area contributed by atoms with Crippen molar-refractivity contribution in [3.05, 3.63) is 41.6 Å². The van der Waals surface area contributed by atoms with E-state index in [1.54, 1.807) is 19.2 Å². The molecule has 2 aliphatic heterocycles. The molecule has 3 aliphatic rings. The molecule has 7 rings (SSSR count). The quantitative estimate of drug-likeness (QED) is 0.327. The molecule has 1 saturated carbocycles. The normalized spacial score (nSPS) is 25.8. The lowest BCUT2D eigenvalue weighted by molar-refractivity contribution is -0.122. The average molecular weight is 604 g/mol. The zero-order valence-electron chi connectivity index (χ0n) is 25.2. The Bertz CT molecular complexity index is 1750. The number of ether oxygens (including phenoxy) is 2. The third-order valence-electron chi connectivity index (χ3n) is 9.24. The first-order valence-electron chi connectivity index (χ1n) is 15.4. The van der Waals surface area contributed by atoms with Crippen LogP contribution in [0.25, 0.3) is 33.6 Å². The van der Waals surface area contributed by atoms with Crippen molar-refractivity contribution < 1.29 is 23.5 Å². The van der Waals surface area contributed by atoms with Gasteiger partial charge in [0, 0.05) is 44.1 Å². The Hall–Kier alpha value is -4.03. The SMILES string of the molecule is COc1cc(C(=O)N[C@H]2CNCC[C@@H]2F)cc2nc(-c3cc4ccc5nc4n3C[C@H]3C[C@H]3COCCC(=O)N[C@@H]5C)n(C)c12. The molecule has 1 saturated heterocycles. The highest BCUT2D eigenvalue weighted by Gasteiger charge is 2.38. The molecule has 1 aliphatic carbocycles. The standard InChI is InChI=1S/C32H38FN7O4/c1-17-23-5-4-18-12-26(40(30(18)36-23)15-20-10-21(20)16-44-9-7-28(41)35-17)31-37-24-11-19(13-27(43-3)29(24)39(31)2)32(42)38-25-14-34-8-6-22(25)33/h4-5,11-13,17,20-22,25,34H,6-10,14-16H2,1-3H3,(H,35,41)(H,38,42)/t17-,20-,21+,22+,25+/m1/s1. The van der Waals surface area contributed by atoms with Gasteiger partial charge in [-0.05, 0) is 68.5 Å². The van der Waals surface area contributed by atoms with Gasteiger partial charge in [-0.2, -0.15) is 0 Å². The molecule has 4 aromatic rings. The van der Waals surface area contributed by atoms with Crippen LogP contribution in [0.3, 0.4) is 0 Å². The van der Waals surface area contributed by atoms with Gasteiger partial charge >= 0.3 is 0 Å². The van der Waals surface area contributed by atoms with Crippen molar-refractivity contribution in [2.24, 2.45) is 18.9 Å². The Morgan fingerprint density at radius 3 is 2.89 bits per heavy atom. The van der Waals surface area contributed by atoms with Gasteiger partial charge in [-0.1, -0.05) is 0 Å². The molecule has 0 radical (unpaired) electrons. The number of amides is 2. The van der Waals surface area contributed by atoms with Crippen LogP contribution in [0.2, 0.25) is 0 Å². The van der Waals surface area contributed by atoms with Crippen LogP contribution in [-0.2, 0) is 23.1 Å². The number of carbonyl (C=O) groups excluding carboxylic acids is 2. The van der Waals surface area contributed by atoms with Crippen molar-refractivity contribution in [1.82, 2.24) is 35.1 Å². The van der Waals surface area contributed by atoms with Crippen LogP contribution in [-0.4, -0.2) is 76.5 Å². The number of imidazole rings is 1. The van der Waals surface area contributed by atoms with Gasteiger partial charge in [0.15, 0.2) is 5.82 Å². The van der Waals surface area contributed by atoms with Gasteiger partial charge in [0.1, 0.15) is 23.1 Å². The summed E-state index contributed by atoms with van der Waals surface area (Å²) in [6.45, 7) is 4.73. The van der Waals surface area contributed by atoms with E-state index in [0.29, 0.717) is 73.6 Å². The number of carbonyl (C=O) groups is 2. The molecular formula is C32H38FN7O4. The summed E-state index contributed by atoms with van der Waals surface area (Å²) >= 11 is 0. The molecule has 232 valence electrons. The van der Waals surface area contributed by atoms with Crippen molar-refractivity contribution in [3.63, 3.8) is 0 Å². The Morgan fingerprint density at radius 2 is 2.07 bits per heavy atom. The molecular weight excluding hydrogens is 565 g/mol. The van der Waals surface area contributed by atoms with E-state index in [-0.39, 0.29) is 17.9 Å². The lowest BCUT2D eigenvalue weighted by atomic mass is 10.0. The summed E-state index contributed by atoms with van der Waals surface area (Å²) in [5, 5.41) is 9.99. The first-order chi connectivity index (χ1) is 21.3. The summed E-state index contributed by atoms with van der Waals surface area (Å²) in [4.78, 5) is 35.8. The van der Waals surface area contributed by atoms with E-state index in [9.17, 15) is 14.0 Å². The topological polar surface area (TPSA) is 124 Å². The highest BCUT2D eigenvalue weighted by atomic mass is 19.1. The number of nitrogens with zero attached hydrogens (tertiary/aromatic N) is 4. The monoisotopic (exact) mass is 603 g/mol. The number of pyridine rings is 1. The third kappa shape index (κ3) is 5.30. The minimum Gasteiger partial charge on any atom is -0.494 e. The highest BCUT2D eigenvalue weighted by Crippen LogP contribution is 2.42. The minimum atomic E-state index is -1.09. The molecule has 3 aromatic heterocycles. The summed E-state index contributed by atoms with van der Waals surface area (Å²) in [6.07, 6.45) is 0.650. The summed E-state index contributed by atoms with van der Waals surface area (Å²) in [5.41, 5.74) is 4.24. The molecule has 1 aromatic carbocycles. The number of halogens is 1. The second-order valence-corrected chi connectivity index (χ2v) is 12.3. The number of piperidine rings is 1. The van der Waals surface area contributed by atoms with Crippen molar-refractivity contribution >= 4 is 33.9 Å². The number of aromatic nitrogens is 4. The molecule has 12 heteroatoms. The fourth-order valence-electron chi connectivity index (χ4n) is 6.56. The van der Waals surface area contributed by atoms with E-state index in [4.69, 9.17) is 19.4 Å². The summed E-state index contributed by atoms with van der Waals surface area (Å²) in [5.74, 6) is 1.66. The fraction of sp³-hybridized carbons (Fsp3) is 0.500. The number of alkyl halides is 1. The second kappa shape index (κ2) is 11.5. The largest absolute Gasteiger partial charge is 0.494 e. The Morgan fingerprint density at radius 1 is 1.20 bits per heavy atom. The lowest BCUT2D eigenvalue weighted by Gasteiger charge is -2.27. The number of hydrogen-bond acceptors (Lipinski definition) is 7. The maximum atomic E-state index is 14.5. The number of hydrogen-bond donors (Lipinski definition) is 3. The van der Waals surface area contributed by atoms with Crippen molar-refractivity contribution in [2.45, 2.75) is 51.0 Å². The molecule has 2 bridgehead atoms. The predicted octanol–water partition coefficient (Wildman–Crippen LogP) is 3.26. The van der Waals surface area contributed by atoms with Gasteiger partial charge in [-0.3, -0.25) is 9.59 Å². The van der Waals surface area contributed by atoms with Gasteiger partial charge in [0.05, 0.1) is 42.7 Å². The van der Waals surface area contributed by atoms with Crippen LogP contribution < -0.4 is 20.7 Å². The zero-order valence-corrected chi connectivity index (χ0v) is 25.2. The van der Waals surface area contributed by atoms with E-state index in [1.165, 1.54) is 0 Å². The molecule has 3 N–H and O–H groups in total. The first kappa shape index (κ1) is 28.7. The van der Waals surface area contributed by atoms with Gasteiger partial charge < -0.3 is 34.6 Å². The first-order valence-corrected chi connectivity index (χ1v) is 15.4. The highest BCUT2D eigenvalue weighted by molar-refractivity contribution is 6.00. The second-order valence-electron chi connectivity index (χ2n) is 12.3. The lowest BCUT2D eigenvalue weighted by Crippen LogP contribution is -2.52. The van der Waals surface area contributed by atoms with Crippen LogP contribution in [0.15, 0.2) is 30.3 Å². The van der Waals surface area contributed by atoms with Crippen molar-refractivity contribution in [2.75, 3.05) is 33.4 Å². The third-order valence-corrected chi connectivity index (χ3v) is 9.24. The average Bonchev–Trinajstić information content (AvgIpc) is 3.54. The smallest absolute Gasteiger partial charge is 0.251 e. The Kier molecular flexibility index (Phi) is 7.49. The molecule has 5 atom stereocenters. The van der Waals surface area contributed by atoms with Gasteiger partial charge in [-0.15, -0.1) is 0 Å². The molecule has 2 amide bonds. The van der Waals surface area contributed by atoms with E-state index in [0.717, 1.165) is 40.9 Å². The molecule has 2 fully saturated rings. The summed E-state index contributed by atoms with van der Waals surface area (Å²) < 4.78 is 30.3. The zero-order chi connectivity index (χ0) is 30.5. The van der Waals surface area contributed by atoms with E-state index in [1.807, 2.05) is 30.7 Å². The van der Waals surface area contributed by atoms with Gasteiger partial charge in [0.25, 0.3) is 5.91 Å². The number of aryl methyl sites for hydroxylation is 1. The molecule has 11 nitrogen and oxygen atoms in total. The summed E-state index contributed by atoms with van der Waals surface area (Å²) in [6, 6.07) is 8.68. The number of nitrogens with one attached hydrogen (secondary N) is 3. The van der Waals surface area contributed by atoms with Gasteiger partial charge in [-0.25, -0.2) is 14.4 Å². The maximum Gasteiger partial charge on any atom is 0.251 e. The Balaban J connectivity index is 1.30. The van der Waals surface area contributed by atoms with Crippen LogP contribution in [0.1, 0.15) is 48.3 Å². The molecule has 44 heavy (non-hydrogen) atoms. The number of fused-ring (bicyclic) bond motifs is 3. The number of rotatable bonds is 4. The molecule has 0 unspecified atom stereocenters. The van der Waals surface area contributed by atoms with Crippen LogP contribution in [0.4, 0.5) is 4.39 Å². The number of benzene rings is 1. The summed E-state index contributed by atoms with van der Waals surface area (Å²) in [7, 11) is 3.50. The Labute approximate surface area is 254 Å². The fourth-order valence-corrected chi connectivity index (χ4v) is 6.56. The van der Waals surface area contributed by atoms with Crippen LogP contribution in [0.5, 0.6) is 5.75 Å². The molecule has 0 spiro atoms. The maximum absolute atomic E-state index is 14.5. The van der Waals surface area contributed by atoms with Crippen LogP contribution >= 0.6 is 0 Å². The van der Waals surface area contributed by atoms with Gasteiger partial charge in [0.2, 0.25) is 5.91 Å². The molecule has 5 heterocycles. The van der Waals surface area contributed by atoms with Crippen LogP contribution in [0, 0.1) is 11.8 Å². The predicted molar refractivity (Wildman–Crippen MR) is 163 cm³/mol. The number of methoxy groups -OCH3 is 1. The van der Waals surface area contributed by atoms with E-state index >= 15 is 0 Å². The van der Waals surface area contributed by atoms with E-state index < -0.39 is 12.2 Å². The van der Waals surface area contributed by atoms with Crippen molar-refractivity contribution in [1.29, 1.82) is 0 Å². The van der Waals surface area contributed by atoms with E-state index in [2.05, 4.69) is 26.6 Å². The van der Waals surface area contributed by atoms with Crippen molar-refractivity contribution in [3.8, 4) is 17.3 Å². The minimum absolute atomic E-state index is 0.0542.